The van der Waals surface area contributed by atoms with E-state index in [2.05, 4.69) is 27.8 Å². The molecule has 4 aliphatic rings. The standard InChI is InChI=1S/C24H26N4O4S.2ClH/c29-24(26-18-10-13-27(14-11-18)12-9-17-5-2-1-3-6-17)20-15-19-16-25-22-8-4-7-21(28(19)22)23(20)33(30,31)32;;/h1-9,12,15,18-19,25H,10-11,13-14,16H2,(H,26,29)(H,30,31,32);2*1H. The summed E-state index contributed by atoms with van der Waals surface area (Å²) < 4.78 is 34.5. The lowest BCUT2D eigenvalue weighted by atomic mass is 10.0. The van der Waals surface area contributed by atoms with E-state index in [0.29, 0.717) is 12.2 Å². The molecule has 0 bridgehead atoms. The average molecular weight is 539 g/mol. The molecule has 1 aromatic rings. The van der Waals surface area contributed by atoms with Crippen molar-refractivity contribution in [3.8, 4) is 0 Å². The fraction of sp³-hybridized carbons (Fsp3) is 0.292. The second-order valence-corrected chi connectivity index (χ2v) is 9.87. The Labute approximate surface area is 217 Å². The van der Waals surface area contributed by atoms with Gasteiger partial charge in [0.2, 0.25) is 0 Å². The number of carbonyl (C=O) groups excluding carboxylic acids is 1. The van der Waals surface area contributed by atoms with Crippen LogP contribution in [0.4, 0.5) is 0 Å². The number of rotatable bonds is 5. The molecule has 0 spiro atoms. The van der Waals surface area contributed by atoms with Gasteiger partial charge in [-0.15, -0.1) is 24.8 Å². The van der Waals surface area contributed by atoms with Crippen LogP contribution in [0, 0.1) is 0 Å². The van der Waals surface area contributed by atoms with E-state index >= 15 is 0 Å². The third-order valence-corrected chi connectivity index (χ3v) is 7.28. The van der Waals surface area contributed by atoms with E-state index in [4.69, 9.17) is 0 Å². The van der Waals surface area contributed by atoms with Gasteiger partial charge in [-0.05, 0) is 48.9 Å². The Bertz CT molecular complexity index is 1220. The topological polar surface area (TPSA) is 102 Å². The molecule has 5 rings (SSSR count). The Morgan fingerprint density at radius 3 is 2.54 bits per heavy atom. The smallest absolute Gasteiger partial charge is 0.297 e. The molecule has 35 heavy (non-hydrogen) atoms. The van der Waals surface area contributed by atoms with Crippen molar-refractivity contribution in [2.24, 2.45) is 0 Å². The lowest BCUT2D eigenvalue weighted by Crippen LogP contribution is -2.45. The van der Waals surface area contributed by atoms with Gasteiger partial charge < -0.3 is 20.4 Å². The van der Waals surface area contributed by atoms with Crippen molar-refractivity contribution in [3.63, 3.8) is 0 Å². The highest BCUT2D eigenvalue weighted by molar-refractivity contribution is 7.90. The molecule has 1 amide bonds. The van der Waals surface area contributed by atoms with Gasteiger partial charge in [-0.25, -0.2) is 0 Å². The maximum absolute atomic E-state index is 13.2. The second kappa shape index (κ2) is 10.9. The quantitative estimate of drug-likeness (QED) is 0.495. The van der Waals surface area contributed by atoms with Crippen LogP contribution in [0.3, 0.4) is 0 Å². The fourth-order valence-electron chi connectivity index (χ4n) is 4.71. The maximum Gasteiger partial charge on any atom is 0.297 e. The minimum atomic E-state index is -4.61. The Kier molecular flexibility index (Phi) is 8.38. The van der Waals surface area contributed by atoms with Gasteiger partial charge in [0.25, 0.3) is 16.0 Å². The predicted octanol–water partition coefficient (Wildman–Crippen LogP) is 2.81. The number of amides is 1. The van der Waals surface area contributed by atoms with Crippen LogP contribution in [-0.2, 0) is 14.9 Å². The van der Waals surface area contributed by atoms with E-state index in [1.54, 1.807) is 23.1 Å². The van der Waals surface area contributed by atoms with Gasteiger partial charge in [-0.3, -0.25) is 9.35 Å². The van der Waals surface area contributed by atoms with E-state index in [-0.39, 0.29) is 47.4 Å². The molecule has 0 aromatic heterocycles. The lowest BCUT2D eigenvalue weighted by Gasteiger charge is -2.34. The van der Waals surface area contributed by atoms with Crippen molar-refractivity contribution < 1.29 is 17.8 Å². The molecule has 2 fully saturated rings. The van der Waals surface area contributed by atoms with Crippen LogP contribution in [0.5, 0.6) is 0 Å². The second-order valence-electron chi connectivity index (χ2n) is 8.51. The van der Waals surface area contributed by atoms with Gasteiger partial charge in [0.15, 0.2) is 0 Å². The fourth-order valence-corrected chi connectivity index (χ4v) is 5.58. The number of benzene rings is 1. The molecule has 3 N–H and O–H groups in total. The molecule has 0 aliphatic carbocycles. The molecular formula is C24H28Cl2N4O4S. The van der Waals surface area contributed by atoms with Crippen LogP contribution in [-0.4, -0.2) is 60.4 Å². The highest BCUT2D eigenvalue weighted by Crippen LogP contribution is 2.37. The summed E-state index contributed by atoms with van der Waals surface area (Å²) in [7, 11) is -4.61. The number of hydrogen-bond donors (Lipinski definition) is 3. The third-order valence-electron chi connectivity index (χ3n) is 6.33. The number of nitrogens with one attached hydrogen (secondary N) is 2. The zero-order valence-electron chi connectivity index (χ0n) is 18.8. The molecule has 4 aliphatic heterocycles. The van der Waals surface area contributed by atoms with Gasteiger partial charge in [-0.2, -0.15) is 8.42 Å². The third kappa shape index (κ3) is 5.59. The number of nitrogens with zero attached hydrogens (tertiary/aromatic N) is 2. The monoisotopic (exact) mass is 538 g/mol. The normalized spacial score (nSPS) is 21.5. The molecule has 1 aromatic carbocycles. The molecule has 11 heteroatoms. The lowest BCUT2D eigenvalue weighted by molar-refractivity contribution is -0.118. The zero-order chi connectivity index (χ0) is 23.0. The van der Waals surface area contributed by atoms with E-state index in [1.807, 2.05) is 36.4 Å². The number of likely N-dealkylation sites (tertiary alicyclic amines) is 1. The van der Waals surface area contributed by atoms with Crippen LogP contribution in [0.1, 0.15) is 18.4 Å². The first-order valence-corrected chi connectivity index (χ1v) is 12.5. The molecule has 188 valence electrons. The van der Waals surface area contributed by atoms with E-state index in [0.717, 1.165) is 37.3 Å². The Hall–Kier alpha value is -2.72. The zero-order valence-corrected chi connectivity index (χ0v) is 21.3. The van der Waals surface area contributed by atoms with Crippen LogP contribution >= 0.6 is 24.8 Å². The molecule has 2 saturated heterocycles. The van der Waals surface area contributed by atoms with Crippen molar-refractivity contribution in [1.29, 1.82) is 0 Å². The van der Waals surface area contributed by atoms with E-state index in [1.165, 1.54) is 0 Å². The Balaban J connectivity index is 0.00000171. The number of allylic oxidation sites excluding steroid dienone is 3. The van der Waals surface area contributed by atoms with Crippen LogP contribution in [0.25, 0.3) is 6.08 Å². The Morgan fingerprint density at radius 1 is 1.14 bits per heavy atom. The van der Waals surface area contributed by atoms with Gasteiger partial charge in [0.05, 0.1) is 17.3 Å². The SMILES string of the molecule is Cl.Cl.O=C(NC1CCN(C=Cc2ccccc2)CC1)C1=CC2CNC3=CC=CC(=C1S(=O)(=O)O)N32. The summed E-state index contributed by atoms with van der Waals surface area (Å²) in [6.07, 6.45) is 12.4. The molecule has 1 atom stereocenters. The largest absolute Gasteiger partial charge is 0.377 e. The van der Waals surface area contributed by atoms with E-state index < -0.39 is 16.0 Å². The molecule has 4 heterocycles. The first kappa shape index (κ1) is 26.9. The molecule has 8 nitrogen and oxygen atoms in total. The van der Waals surface area contributed by atoms with Crippen LogP contribution < -0.4 is 10.6 Å². The summed E-state index contributed by atoms with van der Waals surface area (Å²) in [5, 5.41) is 6.20. The molecule has 0 saturated carbocycles. The van der Waals surface area contributed by atoms with Gasteiger partial charge >= 0.3 is 0 Å². The van der Waals surface area contributed by atoms with Crippen molar-refractivity contribution >= 4 is 46.9 Å². The van der Waals surface area contributed by atoms with Crippen molar-refractivity contribution in [2.75, 3.05) is 19.6 Å². The number of halogens is 2. The predicted molar refractivity (Wildman–Crippen MR) is 140 cm³/mol. The summed E-state index contributed by atoms with van der Waals surface area (Å²) in [5.74, 6) is 0.287. The summed E-state index contributed by atoms with van der Waals surface area (Å²) in [5.41, 5.74) is 1.46. The van der Waals surface area contributed by atoms with Gasteiger partial charge in [-0.1, -0.05) is 36.4 Å². The molecule has 0 radical (unpaired) electrons. The summed E-state index contributed by atoms with van der Waals surface area (Å²) >= 11 is 0. The summed E-state index contributed by atoms with van der Waals surface area (Å²) in [6, 6.07) is 9.82. The summed E-state index contributed by atoms with van der Waals surface area (Å²) in [6.45, 7) is 2.13. The summed E-state index contributed by atoms with van der Waals surface area (Å²) in [4.78, 5) is 16.8. The molecule has 1 unspecified atom stereocenters. The average Bonchev–Trinajstić information content (AvgIpc) is 3.23. The number of hydrogen-bond acceptors (Lipinski definition) is 6. The van der Waals surface area contributed by atoms with Crippen molar-refractivity contribution in [3.05, 3.63) is 88.4 Å². The van der Waals surface area contributed by atoms with E-state index in [9.17, 15) is 17.8 Å². The Morgan fingerprint density at radius 2 is 1.86 bits per heavy atom. The number of carbonyl (C=O) groups is 1. The van der Waals surface area contributed by atoms with Crippen molar-refractivity contribution in [2.45, 2.75) is 24.9 Å². The highest BCUT2D eigenvalue weighted by Gasteiger charge is 2.41. The maximum atomic E-state index is 13.2. The first-order valence-electron chi connectivity index (χ1n) is 11.0. The minimum Gasteiger partial charge on any atom is -0.377 e. The van der Waals surface area contributed by atoms with Gasteiger partial charge in [0.1, 0.15) is 10.7 Å². The van der Waals surface area contributed by atoms with Crippen LogP contribution in [0.2, 0.25) is 0 Å². The van der Waals surface area contributed by atoms with Gasteiger partial charge in [0, 0.05) is 25.7 Å². The highest BCUT2D eigenvalue weighted by atomic mass is 35.5. The first-order chi connectivity index (χ1) is 15.9. The molecular weight excluding hydrogens is 511 g/mol. The number of piperidine rings is 1. The van der Waals surface area contributed by atoms with Crippen molar-refractivity contribution in [1.82, 2.24) is 20.4 Å². The van der Waals surface area contributed by atoms with Crippen LogP contribution in [0.15, 0.2) is 82.8 Å². The minimum absolute atomic E-state index is 0.